The third-order valence-corrected chi connectivity index (χ3v) is 5.99. The standard InChI is InChI=1S/C24H28N4O4/c1-16-19(15-25-17(2)26-16)22(29)20-21(18-7-4-3-5-8-18)28(24(31)23(20)30)10-6-9-27-11-13-32-14-12-27/h3-5,7-8,15,21,29H,6,9-14H2,1-2H3/b22-20+/t21-/m1/s1. The highest BCUT2D eigenvalue weighted by Gasteiger charge is 2.46. The highest BCUT2D eigenvalue weighted by atomic mass is 16.5. The van der Waals surface area contributed by atoms with E-state index in [1.807, 2.05) is 30.3 Å². The molecule has 0 bridgehead atoms. The zero-order valence-corrected chi connectivity index (χ0v) is 18.5. The second kappa shape index (κ2) is 9.58. The van der Waals surface area contributed by atoms with Gasteiger partial charge in [-0.1, -0.05) is 30.3 Å². The van der Waals surface area contributed by atoms with Gasteiger partial charge < -0.3 is 14.7 Å². The molecule has 1 aromatic heterocycles. The van der Waals surface area contributed by atoms with E-state index < -0.39 is 17.7 Å². The van der Waals surface area contributed by atoms with E-state index in [0.29, 0.717) is 36.8 Å². The fourth-order valence-electron chi connectivity index (χ4n) is 4.34. The van der Waals surface area contributed by atoms with Crippen LogP contribution in [0.4, 0.5) is 0 Å². The van der Waals surface area contributed by atoms with E-state index in [2.05, 4.69) is 14.9 Å². The van der Waals surface area contributed by atoms with E-state index in [-0.39, 0.29) is 11.3 Å². The summed E-state index contributed by atoms with van der Waals surface area (Å²) in [6, 6.07) is 8.70. The van der Waals surface area contributed by atoms with E-state index in [1.54, 1.807) is 18.7 Å². The Morgan fingerprint density at radius 3 is 2.53 bits per heavy atom. The van der Waals surface area contributed by atoms with Gasteiger partial charge in [-0.3, -0.25) is 14.5 Å². The van der Waals surface area contributed by atoms with E-state index >= 15 is 0 Å². The Morgan fingerprint density at radius 1 is 1.12 bits per heavy atom. The van der Waals surface area contributed by atoms with E-state index in [9.17, 15) is 14.7 Å². The number of ether oxygens (including phenoxy) is 1. The molecule has 2 aromatic rings. The van der Waals surface area contributed by atoms with Crippen molar-refractivity contribution < 1.29 is 19.4 Å². The number of hydrogen-bond acceptors (Lipinski definition) is 7. The van der Waals surface area contributed by atoms with E-state index in [0.717, 1.165) is 31.6 Å². The number of amides is 1. The summed E-state index contributed by atoms with van der Waals surface area (Å²) in [4.78, 5) is 38.4. The van der Waals surface area contributed by atoms with Gasteiger partial charge in [0.2, 0.25) is 0 Å². The molecule has 4 rings (SSSR count). The molecule has 32 heavy (non-hydrogen) atoms. The third-order valence-electron chi connectivity index (χ3n) is 5.99. The van der Waals surface area contributed by atoms with Crippen LogP contribution < -0.4 is 0 Å². The number of benzene rings is 1. The van der Waals surface area contributed by atoms with Gasteiger partial charge in [-0.05, 0) is 25.8 Å². The van der Waals surface area contributed by atoms with Crippen molar-refractivity contribution in [2.45, 2.75) is 26.3 Å². The number of aliphatic hydroxyl groups excluding tert-OH is 1. The van der Waals surface area contributed by atoms with Crippen LogP contribution in [0.3, 0.4) is 0 Å². The van der Waals surface area contributed by atoms with Gasteiger partial charge in [0.1, 0.15) is 11.6 Å². The van der Waals surface area contributed by atoms with Gasteiger partial charge in [0, 0.05) is 32.4 Å². The Morgan fingerprint density at radius 2 is 1.84 bits per heavy atom. The van der Waals surface area contributed by atoms with Gasteiger partial charge in [-0.25, -0.2) is 9.97 Å². The minimum Gasteiger partial charge on any atom is -0.507 e. The fraction of sp³-hybridized carbons (Fsp3) is 0.417. The van der Waals surface area contributed by atoms with Crippen molar-refractivity contribution >= 4 is 17.4 Å². The molecule has 3 heterocycles. The lowest BCUT2D eigenvalue weighted by Crippen LogP contribution is -2.38. The number of nitrogens with zero attached hydrogens (tertiary/aromatic N) is 4. The normalized spacial score (nSPS) is 21.3. The Hall–Kier alpha value is -3.10. The van der Waals surface area contributed by atoms with Crippen LogP contribution in [0.25, 0.3) is 5.76 Å². The summed E-state index contributed by atoms with van der Waals surface area (Å²) in [5.41, 5.74) is 1.79. The summed E-state index contributed by atoms with van der Waals surface area (Å²) in [5.74, 6) is -0.927. The molecule has 168 valence electrons. The van der Waals surface area contributed by atoms with Crippen LogP contribution in [0.1, 0.15) is 35.1 Å². The molecule has 1 aromatic carbocycles. The number of likely N-dealkylation sites (tertiary alicyclic amines) is 1. The number of morpholine rings is 1. The van der Waals surface area contributed by atoms with Crippen LogP contribution in [0.5, 0.6) is 0 Å². The number of aryl methyl sites for hydroxylation is 2. The number of Topliss-reactive ketones (excluding diaryl/α,β-unsaturated/α-hetero) is 1. The molecule has 0 unspecified atom stereocenters. The smallest absolute Gasteiger partial charge is 0.295 e. The average molecular weight is 437 g/mol. The first kappa shape index (κ1) is 22.1. The minimum absolute atomic E-state index is 0.0862. The predicted octanol–water partition coefficient (Wildman–Crippen LogP) is 2.24. The molecule has 2 saturated heterocycles. The van der Waals surface area contributed by atoms with Gasteiger partial charge in [-0.15, -0.1) is 0 Å². The van der Waals surface area contributed by atoms with E-state index in [4.69, 9.17) is 4.74 Å². The maximum absolute atomic E-state index is 13.1. The van der Waals surface area contributed by atoms with Crippen molar-refractivity contribution in [2.24, 2.45) is 0 Å². The summed E-state index contributed by atoms with van der Waals surface area (Å²) >= 11 is 0. The Bertz CT molecular complexity index is 1030. The van der Waals surface area contributed by atoms with E-state index in [1.165, 1.54) is 6.20 Å². The maximum Gasteiger partial charge on any atom is 0.295 e. The van der Waals surface area contributed by atoms with Crippen molar-refractivity contribution in [3.8, 4) is 0 Å². The lowest BCUT2D eigenvalue weighted by molar-refractivity contribution is -0.140. The SMILES string of the molecule is Cc1ncc(/C(O)=C2\C(=O)C(=O)N(CCCN3CCOCC3)[C@@H]2c2ccccc2)c(C)n1. The number of hydrogen-bond donors (Lipinski definition) is 1. The van der Waals surface area contributed by atoms with Gasteiger partial charge >= 0.3 is 0 Å². The molecule has 1 N–H and O–H groups in total. The van der Waals surface area contributed by atoms with Crippen LogP contribution in [-0.2, 0) is 14.3 Å². The quantitative estimate of drug-likeness (QED) is 0.421. The Labute approximate surface area is 187 Å². The molecule has 0 spiro atoms. The van der Waals surface area contributed by atoms with Crippen molar-refractivity contribution in [3.63, 3.8) is 0 Å². The van der Waals surface area contributed by atoms with Gasteiger partial charge in [0.25, 0.3) is 11.7 Å². The molecule has 0 radical (unpaired) electrons. The zero-order chi connectivity index (χ0) is 22.7. The average Bonchev–Trinajstić information content (AvgIpc) is 3.05. The van der Waals surface area contributed by atoms with Crippen molar-refractivity contribution in [2.75, 3.05) is 39.4 Å². The van der Waals surface area contributed by atoms with Crippen LogP contribution in [0.2, 0.25) is 0 Å². The van der Waals surface area contributed by atoms with Crippen LogP contribution in [0.15, 0.2) is 42.1 Å². The first-order chi connectivity index (χ1) is 15.5. The van der Waals surface area contributed by atoms with Crippen molar-refractivity contribution in [3.05, 3.63) is 64.7 Å². The predicted molar refractivity (Wildman–Crippen MR) is 119 cm³/mol. The largest absolute Gasteiger partial charge is 0.507 e. The minimum atomic E-state index is -0.678. The van der Waals surface area contributed by atoms with Crippen LogP contribution in [-0.4, -0.2) is 76.0 Å². The maximum atomic E-state index is 13.1. The van der Waals surface area contributed by atoms with Gasteiger partial charge in [-0.2, -0.15) is 0 Å². The second-order valence-corrected chi connectivity index (χ2v) is 8.13. The summed E-state index contributed by atoms with van der Waals surface area (Å²) in [5, 5.41) is 11.1. The lowest BCUT2D eigenvalue weighted by Gasteiger charge is -2.29. The molecule has 0 aliphatic carbocycles. The number of ketones is 1. The summed E-state index contributed by atoms with van der Waals surface area (Å²) in [6.45, 7) is 7.91. The third kappa shape index (κ3) is 4.42. The Kier molecular flexibility index (Phi) is 6.62. The molecular formula is C24H28N4O4. The number of aromatic nitrogens is 2. The number of aliphatic hydroxyl groups is 1. The number of carbonyl (C=O) groups is 2. The molecule has 2 aliphatic heterocycles. The fourth-order valence-corrected chi connectivity index (χ4v) is 4.34. The first-order valence-corrected chi connectivity index (χ1v) is 10.9. The van der Waals surface area contributed by atoms with Crippen LogP contribution in [0, 0.1) is 13.8 Å². The van der Waals surface area contributed by atoms with Crippen molar-refractivity contribution in [1.29, 1.82) is 0 Å². The monoisotopic (exact) mass is 436 g/mol. The topological polar surface area (TPSA) is 95.9 Å². The molecule has 0 saturated carbocycles. The van der Waals surface area contributed by atoms with Gasteiger partial charge in [0.05, 0.1) is 36.1 Å². The Balaban J connectivity index is 1.67. The second-order valence-electron chi connectivity index (χ2n) is 8.13. The molecule has 8 nitrogen and oxygen atoms in total. The summed E-state index contributed by atoms with van der Waals surface area (Å²) in [6.07, 6.45) is 2.23. The van der Waals surface area contributed by atoms with Crippen molar-refractivity contribution in [1.82, 2.24) is 19.8 Å². The molecule has 2 fully saturated rings. The van der Waals surface area contributed by atoms with Gasteiger partial charge in [0.15, 0.2) is 0 Å². The first-order valence-electron chi connectivity index (χ1n) is 10.9. The number of rotatable bonds is 6. The number of carbonyl (C=O) groups excluding carboxylic acids is 2. The highest BCUT2D eigenvalue weighted by Crippen LogP contribution is 2.39. The lowest BCUT2D eigenvalue weighted by atomic mass is 9.95. The highest BCUT2D eigenvalue weighted by molar-refractivity contribution is 6.46. The summed E-state index contributed by atoms with van der Waals surface area (Å²) in [7, 11) is 0. The molecule has 1 amide bonds. The molecule has 1 atom stereocenters. The van der Waals surface area contributed by atoms with Crippen LogP contribution >= 0.6 is 0 Å². The molecule has 8 heteroatoms. The molecule has 2 aliphatic rings. The molecular weight excluding hydrogens is 408 g/mol. The zero-order valence-electron chi connectivity index (χ0n) is 18.5. The summed E-state index contributed by atoms with van der Waals surface area (Å²) < 4.78 is 5.39.